The van der Waals surface area contributed by atoms with Crippen molar-refractivity contribution in [3.05, 3.63) is 70.5 Å². The van der Waals surface area contributed by atoms with E-state index in [-0.39, 0.29) is 18.3 Å². The first-order chi connectivity index (χ1) is 10.7. The highest BCUT2D eigenvalue weighted by Gasteiger charge is 2.20. The molecule has 0 aromatic heterocycles. The molecule has 0 unspecified atom stereocenters. The van der Waals surface area contributed by atoms with Crippen LogP contribution in [0.2, 0.25) is 0 Å². The van der Waals surface area contributed by atoms with E-state index in [9.17, 15) is 9.90 Å². The Morgan fingerprint density at radius 3 is 2.95 bits per heavy atom. The van der Waals surface area contributed by atoms with E-state index in [1.165, 1.54) is 0 Å². The van der Waals surface area contributed by atoms with Crippen LogP contribution in [0.15, 0.2) is 59.4 Å². The number of carbonyl (C=O) groups excluding carboxylic acids is 1. The molecule has 2 aliphatic rings. The van der Waals surface area contributed by atoms with Crippen molar-refractivity contribution in [1.29, 1.82) is 0 Å². The summed E-state index contributed by atoms with van der Waals surface area (Å²) in [6, 6.07) is 5.01. The minimum Gasteiger partial charge on any atom is -0.508 e. The summed E-state index contributed by atoms with van der Waals surface area (Å²) >= 11 is 0. The maximum absolute atomic E-state index is 12.3. The molecular formula is C18H16O4. The topological polar surface area (TPSA) is 55.8 Å². The highest BCUT2D eigenvalue weighted by Crippen LogP contribution is 2.28. The van der Waals surface area contributed by atoms with Crippen LogP contribution >= 0.6 is 0 Å². The highest BCUT2D eigenvalue weighted by molar-refractivity contribution is 5.99. The minimum absolute atomic E-state index is 0.158. The number of hydrogen-bond donors (Lipinski definition) is 1. The third kappa shape index (κ3) is 2.81. The summed E-state index contributed by atoms with van der Waals surface area (Å²) in [4.78, 5) is 12.3. The molecule has 0 spiro atoms. The van der Waals surface area contributed by atoms with Gasteiger partial charge in [0, 0.05) is 5.56 Å². The second kappa shape index (κ2) is 5.93. The Morgan fingerprint density at radius 1 is 1.27 bits per heavy atom. The molecule has 0 amide bonds. The van der Waals surface area contributed by atoms with E-state index in [1.807, 2.05) is 30.4 Å². The SMILES string of the molecule is COC1=CC=C(C2=Cc3ccc(O)cc3COC2=O)CC=C1. The van der Waals surface area contributed by atoms with Crippen molar-refractivity contribution in [3.8, 4) is 5.75 Å². The zero-order valence-electron chi connectivity index (χ0n) is 12.2. The van der Waals surface area contributed by atoms with Crippen LogP contribution in [0.5, 0.6) is 5.75 Å². The van der Waals surface area contributed by atoms with Crippen molar-refractivity contribution in [2.45, 2.75) is 13.0 Å². The van der Waals surface area contributed by atoms with Crippen molar-refractivity contribution in [3.63, 3.8) is 0 Å². The van der Waals surface area contributed by atoms with Gasteiger partial charge in [-0.05, 0) is 47.9 Å². The number of allylic oxidation sites excluding steroid dienone is 4. The lowest BCUT2D eigenvalue weighted by Crippen LogP contribution is -2.07. The van der Waals surface area contributed by atoms with Crippen LogP contribution in [0.4, 0.5) is 0 Å². The Hall–Kier alpha value is -2.75. The van der Waals surface area contributed by atoms with Crippen LogP contribution in [0.1, 0.15) is 17.5 Å². The number of fused-ring (bicyclic) bond motifs is 1. The Morgan fingerprint density at radius 2 is 2.14 bits per heavy atom. The van der Waals surface area contributed by atoms with Crippen LogP contribution in [-0.2, 0) is 20.9 Å². The molecule has 112 valence electrons. The quantitative estimate of drug-likeness (QED) is 0.851. The van der Waals surface area contributed by atoms with Crippen LogP contribution in [0.3, 0.4) is 0 Å². The molecule has 0 bridgehead atoms. The first kappa shape index (κ1) is 14.2. The fourth-order valence-electron chi connectivity index (χ4n) is 2.46. The molecule has 0 fully saturated rings. The average molecular weight is 296 g/mol. The molecule has 0 saturated heterocycles. The van der Waals surface area contributed by atoms with Gasteiger partial charge in [0.25, 0.3) is 0 Å². The smallest absolute Gasteiger partial charge is 0.338 e. The molecule has 1 aromatic carbocycles. The van der Waals surface area contributed by atoms with E-state index in [2.05, 4.69) is 0 Å². The highest BCUT2D eigenvalue weighted by atomic mass is 16.5. The molecule has 4 heteroatoms. The van der Waals surface area contributed by atoms with Gasteiger partial charge in [0.2, 0.25) is 0 Å². The number of phenolic OH excluding ortho intramolecular Hbond substituents is 1. The summed E-state index contributed by atoms with van der Waals surface area (Å²) in [6.45, 7) is 0.158. The predicted molar refractivity (Wildman–Crippen MR) is 82.8 cm³/mol. The van der Waals surface area contributed by atoms with Crippen molar-refractivity contribution in [2.75, 3.05) is 7.11 Å². The molecule has 1 heterocycles. The summed E-state index contributed by atoms with van der Waals surface area (Å²) in [7, 11) is 1.61. The molecule has 1 aliphatic heterocycles. The predicted octanol–water partition coefficient (Wildman–Crippen LogP) is 3.25. The average Bonchev–Trinajstić information content (AvgIpc) is 2.84. The normalized spacial score (nSPS) is 17.3. The van der Waals surface area contributed by atoms with Gasteiger partial charge < -0.3 is 14.6 Å². The van der Waals surface area contributed by atoms with E-state index in [0.29, 0.717) is 12.0 Å². The maximum Gasteiger partial charge on any atom is 0.338 e. The Kier molecular flexibility index (Phi) is 3.83. The van der Waals surface area contributed by atoms with Gasteiger partial charge in [-0.3, -0.25) is 0 Å². The first-order valence-electron chi connectivity index (χ1n) is 7.00. The van der Waals surface area contributed by atoms with Crippen molar-refractivity contribution in [2.24, 2.45) is 0 Å². The molecule has 0 saturated carbocycles. The van der Waals surface area contributed by atoms with Crippen LogP contribution < -0.4 is 0 Å². The standard InChI is InChI=1S/C18H16O4/c1-21-16-4-2-3-12(6-8-16)17-10-13-5-7-15(19)9-14(13)11-22-18(17)20/h2,4-10,19H,3,11H2,1H3. The Bertz CT molecular complexity index is 735. The van der Waals surface area contributed by atoms with Gasteiger partial charge in [0.15, 0.2) is 0 Å². The molecule has 22 heavy (non-hydrogen) atoms. The maximum atomic E-state index is 12.3. The van der Waals surface area contributed by atoms with E-state index in [4.69, 9.17) is 9.47 Å². The monoisotopic (exact) mass is 296 g/mol. The number of phenols is 1. The lowest BCUT2D eigenvalue weighted by atomic mass is 9.99. The molecule has 0 atom stereocenters. The van der Waals surface area contributed by atoms with Gasteiger partial charge >= 0.3 is 5.97 Å². The Balaban J connectivity index is 2.03. The third-order valence-corrected chi connectivity index (χ3v) is 3.66. The number of hydrogen-bond acceptors (Lipinski definition) is 4. The van der Waals surface area contributed by atoms with Crippen molar-refractivity contribution >= 4 is 12.0 Å². The summed E-state index contributed by atoms with van der Waals surface area (Å²) in [5, 5.41) is 9.55. The zero-order chi connectivity index (χ0) is 15.5. The van der Waals surface area contributed by atoms with Crippen LogP contribution in [0.25, 0.3) is 6.08 Å². The lowest BCUT2D eigenvalue weighted by Gasteiger charge is -2.06. The molecular weight excluding hydrogens is 280 g/mol. The number of aromatic hydroxyl groups is 1. The molecule has 4 nitrogen and oxygen atoms in total. The summed E-state index contributed by atoms with van der Waals surface area (Å²) < 4.78 is 10.5. The van der Waals surface area contributed by atoms with Gasteiger partial charge in [-0.15, -0.1) is 0 Å². The van der Waals surface area contributed by atoms with Crippen LogP contribution in [0, 0.1) is 0 Å². The van der Waals surface area contributed by atoms with Crippen LogP contribution in [-0.4, -0.2) is 18.2 Å². The molecule has 1 aliphatic carbocycles. The number of cyclic esters (lactones) is 1. The molecule has 3 rings (SSSR count). The second-order valence-corrected chi connectivity index (χ2v) is 5.09. The number of esters is 1. The first-order valence-corrected chi connectivity index (χ1v) is 7.00. The zero-order valence-corrected chi connectivity index (χ0v) is 12.2. The van der Waals surface area contributed by atoms with Crippen molar-refractivity contribution < 1.29 is 19.4 Å². The minimum atomic E-state index is -0.357. The summed E-state index contributed by atoms with van der Waals surface area (Å²) in [5.74, 6) is 0.545. The summed E-state index contributed by atoms with van der Waals surface area (Å²) in [6.07, 6.45) is 9.96. The Labute approximate surface area is 128 Å². The molecule has 1 aromatic rings. The van der Waals surface area contributed by atoms with Gasteiger partial charge in [-0.25, -0.2) is 4.79 Å². The largest absolute Gasteiger partial charge is 0.508 e. The van der Waals surface area contributed by atoms with Gasteiger partial charge in [-0.1, -0.05) is 18.2 Å². The summed E-state index contributed by atoms with van der Waals surface area (Å²) in [5.41, 5.74) is 3.07. The second-order valence-electron chi connectivity index (χ2n) is 5.09. The van der Waals surface area contributed by atoms with Gasteiger partial charge in [0.05, 0.1) is 12.7 Å². The van der Waals surface area contributed by atoms with E-state index in [0.717, 1.165) is 22.5 Å². The molecule has 0 radical (unpaired) electrons. The van der Waals surface area contributed by atoms with Gasteiger partial charge in [0.1, 0.15) is 18.1 Å². The van der Waals surface area contributed by atoms with E-state index < -0.39 is 0 Å². The number of methoxy groups -OCH3 is 1. The number of benzene rings is 1. The van der Waals surface area contributed by atoms with E-state index >= 15 is 0 Å². The van der Waals surface area contributed by atoms with E-state index in [1.54, 1.807) is 25.3 Å². The fourth-order valence-corrected chi connectivity index (χ4v) is 2.46. The molecule has 1 N–H and O–H groups in total. The lowest BCUT2D eigenvalue weighted by molar-refractivity contribution is -0.139. The number of ether oxygens (including phenoxy) is 2. The van der Waals surface area contributed by atoms with Gasteiger partial charge in [-0.2, -0.15) is 0 Å². The third-order valence-electron chi connectivity index (χ3n) is 3.66. The fraction of sp³-hybridized carbons (Fsp3) is 0.167. The van der Waals surface area contributed by atoms with Crippen molar-refractivity contribution in [1.82, 2.24) is 0 Å². The number of rotatable bonds is 2. The number of carbonyl (C=O) groups is 1.